The molecule has 0 spiro atoms. The summed E-state index contributed by atoms with van der Waals surface area (Å²) < 4.78 is 0. The molecule has 0 aromatic carbocycles. The van der Waals surface area contributed by atoms with Gasteiger partial charge in [0.25, 0.3) is 5.91 Å². The molecule has 0 atom stereocenters. The van der Waals surface area contributed by atoms with Gasteiger partial charge in [-0.15, -0.1) is 0 Å². The van der Waals surface area contributed by atoms with Gasteiger partial charge in [-0.25, -0.2) is 0 Å². The van der Waals surface area contributed by atoms with E-state index in [1.165, 1.54) is 0 Å². The van der Waals surface area contributed by atoms with E-state index in [1.54, 1.807) is 6.92 Å². The van der Waals surface area contributed by atoms with Crippen LogP contribution in [0.3, 0.4) is 0 Å². The summed E-state index contributed by atoms with van der Waals surface area (Å²) in [5, 5.41) is 11.5. The topological polar surface area (TPSA) is 113 Å². The Labute approximate surface area is 99.1 Å². The molecule has 94 valence electrons. The van der Waals surface area contributed by atoms with Gasteiger partial charge in [-0.1, -0.05) is 0 Å². The number of nitrogen functional groups attached to an aromatic ring is 1. The maximum Gasteiger partial charge on any atom is 0.274 e. The Morgan fingerprint density at radius 1 is 1.47 bits per heavy atom. The highest BCUT2D eigenvalue weighted by Crippen LogP contribution is 2.11. The number of nitrogens with two attached hydrogens (primary N) is 1. The zero-order valence-corrected chi connectivity index (χ0v) is 10.1. The molecule has 0 saturated carbocycles. The lowest BCUT2D eigenvalue weighted by atomic mass is 10.3. The molecule has 0 unspecified atom stereocenters. The Hall–Kier alpha value is -2.05. The lowest BCUT2D eigenvalue weighted by Crippen LogP contribution is -2.40. The van der Waals surface area contributed by atoms with Crippen molar-refractivity contribution >= 4 is 17.5 Å². The molecule has 0 aliphatic heterocycles. The minimum Gasteiger partial charge on any atom is -0.395 e. The van der Waals surface area contributed by atoms with Gasteiger partial charge in [-0.3, -0.25) is 14.7 Å². The minimum absolute atomic E-state index is 0.0390. The van der Waals surface area contributed by atoms with E-state index < -0.39 is 5.91 Å². The van der Waals surface area contributed by atoms with E-state index in [2.05, 4.69) is 20.8 Å². The number of aromatic nitrogens is 2. The molecule has 0 saturated heterocycles. The fourth-order valence-corrected chi connectivity index (χ4v) is 1.23. The highest BCUT2D eigenvalue weighted by molar-refractivity contribution is 5.99. The van der Waals surface area contributed by atoms with Gasteiger partial charge in [0.15, 0.2) is 5.69 Å². The average molecular weight is 239 g/mol. The monoisotopic (exact) mass is 239 g/mol. The van der Waals surface area contributed by atoms with Crippen LogP contribution in [0.4, 0.5) is 5.69 Å². The van der Waals surface area contributed by atoms with Gasteiger partial charge in [0.05, 0.1) is 17.9 Å². The van der Waals surface area contributed by atoms with Gasteiger partial charge in [0, 0.05) is 6.04 Å². The molecule has 2 amide bonds. The number of hydrogen-bond acceptors (Lipinski definition) is 4. The summed E-state index contributed by atoms with van der Waals surface area (Å²) in [4.78, 5) is 22.9. The molecule has 1 heterocycles. The number of hydrogen-bond donors (Lipinski definition) is 4. The number of rotatable bonds is 4. The van der Waals surface area contributed by atoms with Crippen molar-refractivity contribution in [2.75, 3.05) is 12.3 Å². The van der Waals surface area contributed by atoms with Gasteiger partial charge in [-0.05, 0) is 20.8 Å². The molecule has 1 aromatic heterocycles. The molecule has 7 nitrogen and oxygen atoms in total. The van der Waals surface area contributed by atoms with E-state index in [4.69, 9.17) is 5.73 Å². The molecule has 1 aromatic rings. The fraction of sp³-hybridized carbons (Fsp3) is 0.500. The van der Waals surface area contributed by atoms with E-state index in [0.29, 0.717) is 11.4 Å². The molecule has 7 heteroatoms. The first-order chi connectivity index (χ1) is 7.91. The maximum absolute atomic E-state index is 11.6. The van der Waals surface area contributed by atoms with E-state index in [-0.39, 0.29) is 24.2 Å². The van der Waals surface area contributed by atoms with Crippen molar-refractivity contribution in [1.29, 1.82) is 0 Å². The molecule has 0 aliphatic carbocycles. The summed E-state index contributed by atoms with van der Waals surface area (Å²) in [5.74, 6) is -0.718. The number of anilines is 1. The van der Waals surface area contributed by atoms with Crippen molar-refractivity contribution in [2.45, 2.75) is 26.8 Å². The normalized spacial score (nSPS) is 10.4. The third kappa shape index (κ3) is 3.47. The first-order valence-electron chi connectivity index (χ1n) is 5.29. The number of carbonyl (C=O) groups excluding carboxylic acids is 2. The van der Waals surface area contributed by atoms with Crippen molar-refractivity contribution in [2.24, 2.45) is 0 Å². The van der Waals surface area contributed by atoms with Crippen LogP contribution < -0.4 is 16.4 Å². The number of aromatic amines is 1. The van der Waals surface area contributed by atoms with Crippen LogP contribution in [-0.2, 0) is 4.79 Å². The Morgan fingerprint density at radius 3 is 2.59 bits per heavy atom. The Kier molecular flexibility index (Phi) is 4.08. The highest BCUT2D eigenvalue weighted by atomic mass is 16.2. The molecular weight excluding hydrogens is 222 g/mol. The molecule has 0 radical (unpaired) electrons. The fourth-order valence-electron chi connectivity index (χ4n) is 1.23. The quantitative estimate of drug-likeness (QED) is 0.570. The second kappa shape index (κ2) is 5.33. The second-order valence-corrected chi connectivity index (χ2v) is 4.02. The van der Waals surface area contributed by atoms with Gasteiger partial charge < -0.3 is 16.4 Å². The molecule has 0 aliphatic rings. The second-order valence-electron chi connectivity index (χ2n) is 4.02. The summed E-state index contributed by atoms with van der Waals surface area (Å²) in [6.45, 7) is 5.30. The van der Waals surface area contributed by atoms with E-state index in [0.717, 1.165) is 0 Å². The standard InChI is InChI=1S/C10H17N5O2/c1-5(2)13-7(16)4-12-10(17)9-8(11)6(3)14-15-9/h5H,4,11H2,1-3H3,(H,12,17)(H,13,16)(H,14,15). The number of nitrogens with zero attached hydrogens (tertiary/aromatic N) is 1. The van der Waals surface area contributed by atoms with Crippen molar-refractivity contribution in [3.63, 3.8) is 0 Å². The molecule has 5 N–H and O–H groups in total. The van der Waals surface area contributed by atoms with Gasteiger partial charge in [-0.2, -0.15) is 5.10 Å². The number of amides is 2. The molecule has 0 fully saturated rings. The van der Waals surface area contributed by atoms with Crippen LogP contribution in [0.2, 0.25) is 0 Å². The summed E-state index contributed by atoms with van der Waals surface area (Å²) in [6.07, 6.45) is 0. The third-order valence-corrected chi connectivity index (χ3v) is 2.07. The number of carbonyl (C=O) groups is 2. The van der Waals surface area contributed by atoms with Gasteiger partial charge in [0.1, 0.15) is 0 Å². The van der Waals surface area contributed by atoms with E-state index in [1.807, 2.05) is 13.8 Å². The molecule has 1 rings (SSSR count). The lowest BCUT2D eigenvalue weighted by Gasteiger charge is -2.08. The van der Waals surface area contributed by atoms with Crippen LogP contribution in [0.25, 0.3) is 0 Å². The van der Waals surface area contributed by atoms with Crippen LogP contribution >= 0.6 is 0 Å². The summed E-state index contributed by atoms with van der Waals surface area (Å²) in [6, 6.07) is 0.0390. The van der Waals surface area contributed by atoms with Crippen molar-refractivity contribution in [3.8, 4) is 0 Å². The van der Waals surface area contributed by atoms with Crippen LogP contribution in [-0.4, -0.2) is 34.6 Å². The van der Waals surface area contributed by atoms with Crippen LogP contribution in [0.1, 0.15) is 30.0 Å². The smallest absolute Gasteiger partial charge is 0.274 e. The van der Waals surface area contributed by atoms with Crippen LogP contribution in [0.15, 0.2) is 0 Å². The Bertz CT molecular complexity index is 424. The summed E-state index contributed by atoms with van der Waals surface area (Å²) in [7, 11) is 0. The Balaban J connectivity index is 2.51. The largest absolute Gasteiger partial charge is 0.395 e. The number of nitrogens with one attached hydrogen (secondary N) is 3. The average Bonchev–Trinajstić information content (AvgIpc) is 2.55. The third-order valence-electron chi connectivity index (χ3n) is 2.07. The SMILES string of the molecule is Cc1[nH]nc(C(=O)NCC(=O)NC(C)C)c1N. The van der Waals surface area contributed by atoms with E-state index >= 15 is 0 Å². The van der Waals surface area contributed by atoms with Gasteiger partial charge in [0.2, 0.25) is 5.91 Å². The molecule has 0 bridgehead atoms. The maximum atomic E-state index is 11.6. The van der Waals surface area contributed by atoms with Crippen molar-refractivity contribution in [3.05, 3.63) is 11.4 Å². The zero-order chi connectivity index (χ0) is 13.0. The van der Waals surface area contributed by atoms with Crippen molar-refractivity contribution < 1.29 is 9.59 Å². The van der Waals surface area contributed by atoms with E-state index in [9.17, 15) is 9.59 Å². The number of H-pyrrole nitrogens is 1. The predicted molar refractivity (Wildman–Crippen MR) is 63.3 cm³/mol. The Morgan fingerprint density at radius 2 is 2.12 bits per heavy atom. The minimum atomic E-state index is -0.467. The molecular formula is C10H17N5O2. The predicted octanol–water partition coefficient (Wildman–Crippen LogP) is -0.445. The van der Waals surface area contributed by atoms with Gasteiger partial charge >= 0.3 is 0 Å². The first kappa shape index (κ1) is 13.0. The highest BCUT2D eigenvalue weighted by Gasteiger charge is 2.15. The van der Waals surface area contributed by atoms with Crippen molar-refractivity contribution in [1.82, 2.24) is 20.8 Å². The van der Waals surface area contributed by atoms with Crippen LogP contribution in [0, 0.1) is 6.92 Å². The number of aryl methyl sites for hydroxylation is 1. The zero-order valence-electron chi connectivity index (χ0n) is 10.1. The summed E-state index contributed by atoms with van der Waals surface area (Å²) in [5.41, 5.74) is 6.67. The first-order valence-corrected chi connectivity index (χ1v) is 5.29. The van der Waals surface area contributed by atoms with Crippen LogP contribution in [0.5, 0.6) is 0 Å². The molecule has 17 heavy (non-hydrogen) atoms. The summed E-state index contributed by atoms with van der Waals surface area (Å²) >= 11 is 0. The lowest BCUT2D eigenvalue weighted by molar-refractivity contribution is -0.120.